The molecule has 0 amide bonds. The number of hydrogen-bond donors (Lipinski definition) is 3. The summed E-state index contributed by atoms with van der Waals surface area (Å²) in [5.41, 5.74) is 7.05. The van der Waals surface area contributed by atoms with Crippen molar-refractivity contribution in [3.05, 3.63) is 0 Å². The molecule has 0 aliphatic heterocycles. The first-order valence-corrected chi connectivity index (χ1v) is 2.55. The Labute approximate surface area is 171 Å². The average Bonchev–Trinajstić information content (AvgIpc) is 1.88. The Morgan fingerprint density at radius 1 is 1.21 bits per heavy atom. The van der Waals surface area contributed by atoms with Gasteiger partial charge in [-0.05, 0) is 0 Å². The molecule has 14 heavy (non-hydrogen) atoms. The van der Waals surface area contributed by atoms with E-state index in [-0.39, 0.29) is 131 Å². The van der Waals surface area contributed by atoms with E-state index in [2.05, 4.69) is 10.3 Å². The summed E-state index contributed by atoms with van der Waals surface area (Å²) in [6, 6.07) is 0. The number of nitrogens with two attached hydrogens (primary N) is 1. The van der Waals surface area contributed by atoms with Crippen molar-refractivity contribution in [2.75, 3.05) is 13.1 Å². The van der Waals surface area contributed by atoms with E-state index in [9.17, 15) is 9.59 Å². The van der Waals surface area contributed by atoms with Crippen molar-refractivity contribution in [1.82, 2.24) is 5.48 Å². The fourth-order valence-electron chi connectivity index (χ4n) is 0.219. The van der Waals surface area contributed by atoms with Gasteiger partial charge in [-0.3, -0.25) is 0 Å². The molecule has 0 radical (unpaired) electrons. The van der Waals surface area contributed by atoms with Crippen molar-refractivity contribution >= 4 is 130 Å². The van der Waals surface area contributed by atoms with Crippen LogP contribution in [0.1, 0.15) is 0 Å². The van der Waals surface area contributed by atoms with Gasteiger partial charge in [0.05, 0.1) is 0 Å². The van der Waals surface area contributed by atoms with Crippen molar-refractivity contribution in [2.24, 2.45) is 5.73 Å². The Balaban J connectivity index is -0.0000000675. The normalized spacial score (nSPS) is 6.36. The topological polar surface area (TPSA) is 102 Å². The van der Waals surface area contributed by atoms with Crippen molar-refractivity contribution < 1.29 is 19.5 Å². The Bertz CT molecular complexity index is 147. The molecule has 0 rings (SSSR count). The van der Waals surface area contributed by atoms with E-state index >= 15 is 0 Å². The van der Waals surface area contributed by atoms with Crippen LogP contribution in [0.5, 0.6) is 0 Å². The molecule has 0 aliphatic carbocycles. The third kappa shape index (κ3) is 20.3. The van der Waals surface area contributed by atoms with Gasteiger partial charge in [-0.1, -0.05) is 0 Å². The molecule has 0 atom stereocenters. The number of carbonyl (C=O) groups is 2. The van der Waals surface area contributed by atoms with Crippen LogP contribution >= 0.6 is 0 Å². The SMILES string of the molecule is NCCNOC(=O)C(=O)O.[NaH].[NaH].[NaH].[NaH]. The second-order valence-corrected chi connectivity index (χ2v) is 1.38. The van der Waals surface area contributed by atoms with Gasteiger partial charge >= 0.3 is 130 Å². The molecule has 0 aromatic carbocycles. The number of rotatable bonds is 3. The van der Waals surface area contributed by atoms with E-state index in [1.807, 2.05) is 0 Å². The molecule has 0 aliphatic rings. The molecule has 0 fully saturated rings. The summed E-state index contributed by atoms with van der Waals surface area (Å²) >= 11 is 0. The number of carboxylic acids is 1. The van der Waals surface area contributed by atoms with Crippen LogP contribution in [0.3, 0.4) is 0 Å². The summed E-state index contributed by atoms with van der Waals surface area (Å²) in [6.45, 7) is 0.506. The van der Waals surface area contributed by atoms with Crippen molar-refractivity contribution in [1.29, 1.82) is 0 Å². The number of aliphatic carboxylic acids is 1. The number of hydroxylamine groups is 1. The summed E-state index contributed by atoms with van der Waals surface area (Å²) < 4.78 is 0. The molecule has 4 N–H and O–H groups in total. The number of nitrogens with one attached hydrogen (secondary N) is 1. The van der Waals surface area contributed by atoms with Gasteiger partial charge in [0.1, 0.15) is 0 Å². The van der Waals surface area contributed by atoms with Gasteiger partial charge < -0.3 is 15.7 Å². The van der Waals surface area contributed by atoms with Gasteiger partial charge in [-0.2, -0.15) is 5.48 Å². The zero-order valence-electron chi connectivity index (χ0n) is 5.16. The van der Waals surface area contributed by atoms with Gasteiger partial charge in [0, 0.05) is 13.1 Å². The van der Waals surface area contributed by atoms with Gasteiger partial charge in [0.25, 0.3) is 0 Å². The van der Waals surface area contributed by atoms with Crippen LogP contribution < -0.4 is 11.2 Å². The third-order valence-corrected chi connectivity index (χ3v) is 0.586. The second-order valence-electron chi connectivity index (χ2n) is 1.38. The van der Waals surface area contributed by atoms with Crippen LogP contribution in [-0.4, -0.2) is 148 Å². The number of hydrogen-bond acceptors (Lipinski definition) is 5. The van der Waals surface area contributed by atoms with E-state index in [0.29, 0.717) is 0 Å². The summed E-state index contributed by atoms with van der Waals surface area (Å²) in [5, 5.41) is 7.94. The zero-order chi connectivity index (χ0) is 7.98. The summed E-state index contributed by atoms with van der Waals surface area (Å²) in [4.78, 5) is 23.8. The molecule has 0 aromatic heterocycles. The maximum atomic E-state index is 10.1. The van der Waals surface area contributed by atoms with Gasteiger partial charge in [0.2, 0.25) is 0 Å². The maximum absolute atomic E-state index is 10.1. The Morgan fingerprint density at radius 3 is 1.93 bits per heavy atom. The standard InChI is InChI=1S/C4H8N2O4.4Na.4H/c5-1-2-6-10-4(9)3(7)8;;;;;;;;/h6H,1-2,5H2,(H,7,8);;;;;;;;. The fourth-order valence-corrected chi connectivity index (χ4v) is 0.219. The Hall–Kier alpha value is 2.86. The molecule has 0 saturated carbocycles. The van der Waals surface area contributed by atoms with Crippen LogP contribution in [0, 0.1) is 0 Å². The van der Waals surface area contributed by atoms with Crippen LogP contribution in [0.15, 0.2) is 0 Å². The van der Waals surface area contributed by atoms with Crippen molar-refractivity contribution in [2.45, 2.75) is 0 Å². The minimum absolute atomic E-state index is 0. The van der Waals surface area contributed by atoms with E-state index < -0.39 is 11.9 Å². The predicted octanol–water partition coefficient (Wildman–Crippen LogP) is -4.52. The molecular formula is C4H12N2Na4O4. The number of carbonyl (C=O) groups excluding carboxylic acids is 1. The second kappa shape index (κ2) is 21.2. The van der Waals surface area contributed by atoms with Crippen molar-refractivity contribution in [3.8, 4) is 0 Å². The van der Waals surface area contributed by atoms with Crippen LogP contribution in [0.4, 0.5) is 0 Å². The average molecular weight is 244 g/mol. The molecule has 0 spiro atoms. The molecule has 0 unspecified atom stereocenters. The van der Waals surface area contributed by atoms with Crippen LogP contribution in [0.25, 0.3) is 0 Å². The van der Waals surface area contributed by atoms with Gasteiger partial charge in [0.15, 0.2) is 0 Å². The van der Waals surface area contributed by atoms with E-state index in [0.717, 1.165) is 0 Å². The molecular weight excluding hydrogens is 232 g/mol. The molecule has 0 saturated heterocycles. The van der Waals surface area contributed by atoms with E-state index in [1.54, 1.807) is 0 Å². The first kappa shape index (κ1) is 30.2. The molecule has 0 bridgehead atoms. The van der Waals surface area contributed by atoms with Crippen molar-refractivity contribution in [3.63, 3.8) is 0 Å². The van der Waals surface area contributed by atoms with Crippen LogP contribution in [-0.2, 0) is 14.4 Å². The van der Waals surface area contributed by atoms with E-state index in [1.165, 1.54) is 0 Å². The fraction of sp³-hybridized carbons (Fsp3) is 0.500. The molecule has 6 nitrogen and oxygen atoms in total. The summed E-state index contributed by atoms with van der Waals surface area (Å²) in [5.74, 6) is -2.97. The minimum atomic E-state index is -1.63. The van der Waals surface area contributed by atoms with Gasteiger partial charge in [-0.25, -0.2) is 9.59 Å². The Morgan fingerprint density at radius 2 is 1.64 bits per heavy atom. The first-order chi connectivity index (χ1) is 4.68. The summed E-state index contributed by atoms with van der Waals surface area (Å²) in [7, 11) is 0. The molecule has 66 valence electrons. The third-order valence-electron chi connectivity index (χ3n) is 0.586. The monoisotopic (exact) mass is 244 g/mol. The predicted molar refractivity (Wildman–Crippen MR) is 59.4 cm³/mol. The molecule has 0 aromatic rings. The van der Waals surface area contributed by atoms with Crippen LogP contribution in [0.2, 0.25) is 0 Å². The zero-order valence-corrected chi connectivity index (χ0v) is 5.16. The number of carboxylic acid groups (broad SMARTS) is 1. The molecule has 10 heteroatoms. The first-order valence-electron chi connectivity index (χ1n) is 2.55. The van der Waals surface area contributed by atoms with E-state index in [4.69, 9.17) is 10.8 Å². The Kier molecular flexibility index (Phi) is 45.6. The quantitative estimate of drug-likeness (QED) is 0.200. The summed E-state index contributed by atoms with van der Waals surface area (Å²) in [6.07, 6.45) is 0. The molecule has 0 heterocycles. The van der Waals surface area contributed by atoms with Gasteiger partial charge in [-0.15, -0.1) is 0 Å².